The number of nitrogens with zero attached hydrogens (tertiary/aromatic N) is 6. The number of fused-ring (bicyclic) bond motifs is 2. The number of amides is 3. The molecule has 0 saturated carbocycles. The van der Waals surface area contributed by atoms with Crippen LogP contribution in [0.3, 0.4) is 0 Å². The molecule has 2 atom stereocenters. The molecule has 0 spiro atoms. The summed E-state index contributed by atoms with van der Waals surface area (Å²) in [5.74, 6) is 1.64. The monoisotopic (exact) mass is 491 g/mol. The number of ether oxygens (including phenoxy) is 1. The lowest BCUT2D eigenvalue weighted by atomic mass is 10.1. The van der Waals surface area contributed by atoms with Gasteiger partial charge in [0.2, 0.25) is 0 Å². The fourth-order valence-electron chi connectivity index (χ4n) is 5.70. The van der Waals surface area contributed by atoms with E-state index in [0.717, 1.165) is 49.0 Å². The van der Waals surface area contributed by atoms with Gasteiger partial charge in [0.1, 0.15) is 11.7 Å². The Balaban J connectivity index is 1.26. The summed E-state index contributed by atoms with van der Waals surface area (Å²) in [5.41, 5.74) is 3.22. The summed E-state index contributed by atoms with van der Waals surface area (Å²) in [7, 11) is 1.75. The summed E-state index contributed by atoms with van der Waals surface area (Å²) >= 11 is 0. The number of urea groups is 1. The molecule has 0 bridgehead atoms. The van der Waals surface area contributed by atoms with E-state index in [1.165, 1.54) is 18.5 Å². The lowest BCUT2D eigenvalue weighted by molar-refractivity contribution is -0.127. The van der Waals surface area contributed by atoms with E-state index in [0.29, 0.717) is 25.6 Å². The van der Waals surface area contributed by atoms with Gasteiger partial charge in [-0.2, -0.15) is 0 Å². The van der Waals surface area contributed by atoms with Crippen molar-refractivity contribution in [1.82, 2.24) is 24.7 Å². The lowest BCUT2D eigenvalue weighted by Crippen LogP contribution is -2.64. The van der Waals surface area contributed by atoms with Gasteiger partial charge in [-0.25, -0.2) is 14.8 Å². The van der Waals surface area contributed by atoms with Crippen molar-refractivity contribution < 1.29 is 14.3 Å². The van der Waals surface area contributed by atoms with E-state index in [1.54, 1.807) is 12.0 Å². The van der Waals surface area contributed by atoms with Crippen molar-refractivity contribution in [3.8, 4) is 0 Å². The Morgan fingerprint density at radius 1 is 1.11 bits per heavy atom. The number of rotatable bonds is 7. The van der Waals surface area contributed by atoms with Gasteiger partial charge >= 0.3 is 6.03 Å². The van der Waals surface area contributed by atoms with Gasteiger partial charge in [-0.3, -0.25) is 15.0 Å². The third kappa shape index (κ3) is 4.03. The number of imide groups is 1. The first-order chi connectivity index (χ1) is 17.5. The second-order valence-electron chi connectivity index (χ2n) is 10.0. The number of hydrogen-bond donors (Lipinski definition) is 1. The van der Waals surface area contributed by atoms with E-state index in [-0.39, 0.29) is 11.9 Å². The highest BCUT2D eigenvalue weighted by Crippen LogP contribution is 2.29. The number of methoxy groups -OCH3 is 1. The number of hydrogen-bond acceptors (Lipinski definition) is 7. The molecule has 2 aromatic rings. The number of aromatic nitrogens is 2. The minimum Gasteiger partial charge on any atom is -0.378 e. The molecule has 1 N–H and O–H groups in total. The van der Waals surface area contributed by atoms with Crippen LogP contribution in [0.1, 0.15) is 36.8 Å². The second kappa shape index (κ2) is 9.24. The molecule has 6 rings (SSSR count). The largest absolute Gasteiger partial charge is 0.378 e. The van der Waals surface area contributed by atoms with Crippen LogP contribution in [-0.2, 0) is 35.5 Å². The minimum absolute atomic E-state index is 0.291. The number of aryl methyl sites for hydroxylation is 2. The normalized spacial score (nSPS) is 23.8. The molecule has 1 aromatic heterocycles. The van der Waals surface area contributed by atoms with Gasteiger partial charge in [-0.15, -0.1) is 0 Å². The van der Waals surface area contributed by atoms with Gasteiger partial charge in [0.05, 0.1) is 11.8 Å². The topological polar surface area (TPSA) is 95.3 Å². The first-order valence-electron chi connectivity index (χ1n) is 12.9. The van der Waals surface area contributed by atoms with Crippen molar-refractivity contribution in [2.45, 2.75) is 64.0 Å². The van der Waals surface area contributed by atoms with E-state index < -0.39 is 12.2 Å². The maximum atomic E-state index is 13.0. The van der Waals surface area contributed by atoms with Crippen LogP contribution < -0.4 is 10.2 Å². The van der Waals surface area contributed by atoms with Gasteiger partial charge in [0, 0.05) is 64.6 Å². The van der Waals surface area contributed by atoms with Gasteiger partial charge < -0.3 is 19.1 Å². The van der Waals surface area contributed by atoms with Gasteiger partial charge in [0.15, 0.2) is 12.2 Å². The Morgan fingerprint density at radius 3 is 2.64 bits per heavy atom. The van der Waals surface area contributed by atoms with Crippen LogP contribution in [0, 0.1) is 0 Å². The summed E-state index contributed by atoms with van der Waals surface area (Å²) in [6, 6.07) is 7.54. The molecule has 10 heteroatoms. The fourth-order valence-corrected chi connectivity index (χ4v) is 5.70. The predicted molar refractivity (Wildman–Crippen MR) is 135 cm³/mol. The highest BCUT2D eigenvalue weighted by atomic mass is 16.5. The standard InChI is InChI=1S/C26H33N7O3/c1-3-32-24-23(25(34)29-26(32)35)33(13-17-7-9-19(10-8-17)31-15-20(16-31)36-2)22(28-24)12-18-14-30-11-5-4-6-21(30)27-18/h7-10,14,20,23-24H,3-6,11-13,15-16H2,1-2H3,(H,29,34,35). The van der Waals surface area contributed by atoms with E-state index in [9.17, 15) is 9.59 Å². The summed E-state index contributed by atoms with van der Waals surface area (Å²) in [6.07, 6.45) is 5.78. The number of carbonyl (C=O) groups excluding carboxylic acids is 2. The molecule has 2 fully saturated rings. The van der Waals surface area contributed by atoms with Crippen LogP contribution in [-0.4, -0.2) is 82.2 Å². The van der Waals surface area contributed by atoms with Crippen LogP contribution in [0.25, 0.3) is 0 Å². The van der Waals surface area contributed by atoms with E-state index in [4.69, 9.17) is 14.7 Å². The quantitative estimate of drug-likeness (QED) is 0.635. The Hall–Kier alpha value is -3.40. The van der Waals surface area contributed by atoms with Crippen LogP contribution in [0.4, 0.5) is 10.5 Å². The number of imidazole rings is 1. The van der Waals surface area contributed by atoms with E-state index >= 15 is 0 Å². The second-order valence-corrected chi connectivity index (χ2v) is 10.0. The van der Waals surface area contributed by atoms with Crippen molar-refractivity contribution in [2.75, 3.05) is 31.6 Å². The van der Waals surface area contributed by atoms with Gasteiger partial charge in [0.25, 0.3) is 5.91 Å². The molecular formula is C26H33N7O3. The summed E-state index contributed by atoms with van der Waals surface area (Å²) in [4.78, 5) is 41.3. The first-order valence-corrected chi connectivity index (χ1v) is 12.9. The zero-order valence-corrected chi connectivity index (χ0v) is 20.9. The van der Waals surface area contributed by atoms with Crippen molar-refractivity contribution in [3.05, 3.63) is 47.5 Å². The van der Waals surface area contributed by atoms with E-state index in [1.807, 2.05) is 6.92 Å². The number of amidine groups is 1. The number of carbonyl (C=O) groups is 2. The van der Waals surface area contributed by atoms with Crippen molar-refractivity contribution >= 4 is 23.5 Å². The maximum Gasteiger partial charge on any atom is 0.325 e. The number of anilines is 1. The minimum atomic E-state index is -0.549. The molecule has 4 aliphatic heterocycles. The Labute approximate surface area is 210 Å². The van der Waals surface area contributed by atoms with Gasteiger partial charge in [-0.1, -0.05) is 12.1 Å². The lowest BCUT2D eigenvalue weighted by Gasteiger charge is -2.40. The molecule has 0 aliphatic carbocycles. The summed E-state index contributed by atoms with van der Waals surface area (Å²) < 4.78 is 7.63. The molecule has 1 aromatic carbocycles. The zero-order chi connectivity index (χ0) is 24.8. The number of aliphatic imine (C=N–C) groups is 1. The Morgan fingerprint density at radius 2 is 1.92 bits per heavy atom. The zero-order valence-electron chi connectivity index (χ0n) is 20.9. The third-order valence-corrected chi connectivity index (χ3v) is 7.78. The van der Waals surface area contributed by atoms with Crippen molar-refractivity contribution in [1.29, 1.82) is 0 Å². The molecule has 3 amide bonds. The van der Waals surface area contributed by atoms with Crippen LogP contribution in [0.2, 0.25) is 0 Å². The molecule has 36 heavy (non-hydrogen) atoms. The van der Waals surface area contributed by atoms with Crippen LogP contribution in [0.5, 0.6) is 0 Å². The summed E-state index contributed by atoms with van der Waals surface area (Å²) in [6.45, 7) is 5.73. The molecule has 190 valence electrons. The Bertz CT molecular complexity index is 1160. The highest BCUT2D eigenvalue weighted by molar-refractivity contribution is 6.04. The number of nitrogens with one attached hydrogen (secondary N) is 1. The molecule has 0 radical (unpaired) electrons. The van der Waals surface area contributed by atoms with Gasteiger partial charge in [-0.05, 0) is 37.5 Å². The third-order valence-electron chi connectivity index (χ3n) is 7.78. The smallest absolute Gasteiger partial charge is 0.325 e. The highest BCUT2D eigenvalue weighted by Gasteiger charge is 2.49. The van der Waals surface area contributed by atoms with Crippen LogP contribution >= 0.6 is 0 Å². The summed E-state index contributed by atoms with van der Waals surface area (Å²) in [5, 5.41) is 2.54. The predicted octanol–water partition coefficient (Wildman–Crippen LogP) is 1.78. The molecule has 2 unspecified atom stereocenters. The number of likely N-dealkylation sites (N-methyl/N-ethyl adjacent to an activating group) is 1. The Kier molecular flexibility index (Phi) is 5.91. The molecule has 4 aliphatic rings. The molecule has 2 saturated heterocycles. The SMILES string of the molecule is CCN1C(=O)NC(=O)C2C1N=C(Cc1cn3c(n1)CCCC3)N2Cc1ccc(N2CC(OC)C2)cc1. The van der Waals surface area contributed by atoms with Crippen LogP contribution in [0.15, 0.2) is 35.5 Å². The number of benzene rings is 1. The maximum absolute atomic E-state index is 13.0. The fraction of sp³-hybridized carbons (Fsp3) is 0.538. The molecule has 10 nitrogen and oxygen atoms in total. The average molecular weight is 492 g/mol. The average Bonchev–Trinajstić information content (AvgIpc) is 3.41. The van der Waals surface area contributed by atoms with Crippen molar-refractivity contribution in [3.63, 3.8) is 0 Å². The first kappa shape index (κ1) is 23.0. The van der Waals surface area contributed by atoms with E-state index in [2.05, 4.69) is 50.1 Å². The molecule has 5 heterocycles. The van der Waals surface area contributed by atoms with Crippen molar-refractivity contribution in [2.24, 2.45) is 4.99 Å². The molecular weight excluding hydrogens is 458 g/mol.